The van der Waals surface area contributed by atoms with Gasteiger partial charge in [-0.05, 0) is 19.8 Å². The zero-order valence-corrected chi connectivity index (χ0v) is 17.4. The fourth-order valence-corrected chi connectivity index (χ4v) is 4.12. The van der Waals surface area contributed by atoms with Crippen molar-refractivity contribution in [2.45, 2.75) is 51.7 Å². The van der Waals surface area contributed by atoms with E-state index in [1.54, 1.807) is 0 Å². The predicted octanol–water partition coefficient (Wildman–Crippen LogP) is 2.18. The van der Waals surface area contributed by atoms with Crippen LogP contribution in [-0.2, 0) is 24.3 Å². The Balaban J connectivity index is 0.000000730. The lowest BCUT2D eigenvalue weighted by Crippen LogP contribution is -2.42. The molecule has 2 aromatic heterocycles. The van der Waals surface area contributed by atoms with Gasteiger partial charge >= 0.3 is 0 Å². The lowest BCUT2D eigenvalue weighted by Gasteiger charge is -2.32. The van der Waals surface area contributed by atoms with E-state index in [4.69, 9.17) is 14.9 Å². The molecule has 1 N–H and O–H groups in total. The van der Waals surface area contributed by atoms with Gasteiger partial charge < -0.3 is 14.6 Å². The molecule has 1 amide bonds. The molecular formula is C21H25N7O3. The van der Waals surface area contributed by atoms with Crippen molar-refractivity contribution in [3.63, 3.8) is 0 Å². The minimum absolute atomic E-state index is 0.0661. The standard InChI is InChI=1S/C20H23N7O.CH2O2/c1-14-18-21-17(15-8-4-2-5-9-15)24-27(18)13-12-25(14)20(28)19-23-22-16-10-6-3-7-11-26(16)19;2-1-3/h2,4-5,8-9,14H,3,6-7,10-13H2,1H3;1H,(H,2,3)/t14-;/m0./s1. The molecule has 0 saturated carbocycles. The molecule has 2 aliphatic rings. The van der Waals surface area contributed by atoms with Crippen molar-refractivity contribution in [3.05, 3.63) is 47.8 Å². The Bertz CT molecular complexity index is 1060. The molecule has 0 spiro atoms. The highest BCUT2D eigenvalue weighted by Crippen LogP contribution is 2.28. The summed E-state index contributed by atoms with van der Waals surface area (Å²) in [6.45, 7) is 3.80. The van der Waals surface area contributed by atoms with Gasteiger partial charge in [0.25, 0.3) is 12.4 Å². The number of hydrogen-bond donors (Lipinski definition) is 1. The van der Waals surface area contributed by atoms with E-state index in [-0.39, 0.29) is 18.4 Å². The highest BCUT2D eigenvalue weighted by atomic mass is 16.3. The first-order valence-electron chi connectivity index (χ1n) is 10.4. The predicted molar refractivity (Wildman–Crippen MR) is 111 cm³/mol. The number of carbonyl (C=O) groups is 2. The molecule has 31 heavy (non-hydrogen) atoms. The Morgan fingerprint density at radius 3 is 2.65 bits per heavy atom. The van der Waals surface area contributed by atoms with Gasteiger partial charge in [-0.15, -0.1) is 10.2 Å². The molecule has 3 aromatic rings. The van der Waals surface area contributed by atoms with Gasteiger partial charge in [-0.2, -0.15) is 5.10 Å². The summed E-state index contributed by atoms with van der Waals surface area (Å²) >= 11 is 0. The number of amides is 1. The Kier molecular flexibility index (Phi) is 6.06. The van der Waals surface area contributed by atoms with Gasteiger partial charge in [-0.3, -0.25) is 9.59 Å². The normalized spacial score (nSPS) is 17.6. The third-order valence-corrected chi connectivity index (χ3v) is 5.69. The fourth-order valence-electron chi connectivity index (χ4n) is 4.12. The van der Waals surface area contributed by atoms with Crippen LogP contribution in [0.2, 0.25) is 0 Å². The van der Waals surface area contributed by atoms with E-state index in [9.17, 15) is 4.79 Å². The lowest BCUT2D eigenvalue weighted by molar-refractivity contribution is -0.122. The summed E-state index contributed by atoms with van der Waals surface area (Å²) in [6.07, 6.45) is 4.24. The van der Waals surface area contributed by atoms with Gasteiger partial charge in [0.15, 0.2) is 5.82 Å². The number of carboxylic acid groups (broad SMARTS) is 1. The molecule has 5 rings (SSSR count). The Hall–Kier alpha value is -3.56. The number of aromatic nitrogens is 6. The molecule has 0 fully saturated rings. The summed E-state index contributed by atoms with van der Waals surface area (Å²) in [5.41, 5.74) is 0.984. The molecule has 0 unspecified atom stereocenters. The van der Waals surface area contributed by atoms with Crippen LogP contribution in [0, 0.1) is 0 Å². The maximum Gasteiger partial charge on any atom is 0.292 e. The highest BCUT2D eigenvalue weighted by Gasteiger charge is 2.34. The average molecular weight is 423 g/mol. The molecule has 0 aliphatic carbocycles. The van der Waals surface area contributed by atoms with E-state index in [0.717, 1.165) is 43.0 Å². The number of rotatable bonds is 2. The van der Waals surface area contributed by atoms with Crippen LogP contribution in [0.3, 0.4) is 0 Å². The first-order chi connectivity index (χ1) is 15.1. The summed E-state index contributed by atoms with van der Waals surface area (Å²) in [5.74, 6) is 2.84. The molecule has 10 heteroatoms. The van der Waals surface area contributed by atoms with Crippen molar-refractivity contribution < 1.29 is 14.7 Å². The number of nitrogens with zero attached hydrogens (tertiary/aromatic N) is 7. The van der Waals surface area contributed by atoms with Gasteiger partial charge in [0.05, 0.1) is 12.6 Å². The van der Waals surface area contributed by atoms with Gasteiger partial charge in [-0.25, -0.2) is 9.67 Å². The highest BCUT2D eigenvalue weighted by molar-refractivity contribution is 5.91. The largest absolute Gasteiger partial charge is 0.483 e. The van der Waals surface area contributed by atoms with Gasteiger partial charge in [0, 0.05) is 25.1 Å². The van der Waals surface area contributed by atoms with E-state index in [0.29, 0.717) is 24.7 Å². The zero-order valence-electron chi connectivity index (χ0n) is 17.4. The molecule has 162 valence electrons. The first-order valence-corrected chi connectivity index (χ1v) is 10.4. The van der Waals surface area contributed by atoms with Crippen molar-refractivity contribution >= 4 is 12.4 Å². The molecule has 10 nitrogen and oxygen atoms in total. The lowest BCUT2D eigenvalue weighted by atomic mass is 10.2. The second-order valence-corrected chi connectivity index (χ2v) is 7.56. The third kappa shape index (κ3) is 4.05. The number of carbonyl (C=O) groups excluding carboxylic acids is 1. The van der Waals surface area contributed by atoms with E-state index in [1.807, 2.05) is 51.4 Å². The number of hydrogen-bond acceptors (Lipinski definition) is 6. The molecule has 0 radical (unpaired) electrons. The molecule has 0 bridgehead atoms. The van der Waals surface area contributed by atoms with Crippen LogP contribution >= 0.6 is 0 Å². The summed E-state index contributed by atoms with van der Waals surface area (Å²) < 4.78 is 3.93. The third-order valence-electron chi connectivity index (χ3n) is 5.69. The van der Waals surface area contributed by atoms with E-state index < -0.39 is 0 Å². The number of aryl methyl sites for hydroxylation is 1. The summed E-state index contributed by atoms with van der Waals surface area (Å²) in [7, 11) is 0. The quantitative estimate of drug-likeness (QED) is 0.628. The molecule has 4 heterocycles. The molecule has 0 saturated heterocycles. The smallest absolute Gasteiger partial charge is 0.292 e. The number of benzene rings is 1. The zero-order chi connectivity index (χ0) is 21.8. The van der Waals surface area contributed by atoms with Crippen molar-refractivity contribution in [2.75, 3.05) is 6.54 Å². The van der Waals surface area contributed by atoms with Crippen molar-refractivity contribution in [3.8, 4) is 11.4 Å². The summed E-state index contributed by atoms with van der Waals surface area (Å²) in [6, 6.07) is 9.77. The molecule has 1 aromatic carbocycles. The second kappa shape index (κ2) is 9.07. The first kappa shape index (κ1) is 20.7. The summed E-state index contributed by atoms with van der Waals surface area (Å²) in [5, 5.41) is 20.0. The van der Waals surface area contributed by atoms with Crippen LogP contribution in [0.5, 0.6) is 0 Å². The minimum Gasteiger partial charge on any atom is -0.483 e. The average Bonchev–Trinajstić information content (AvgIpc) is 3.33. The van der Waals surface area contributed by atoms with Crippen LogP contribution < -0.4 is 0 Å². The van der Waals surface area contributed by atoms with Crippen molar-refractivity contribution in [1.82, 2.24) is 34.4 Å². The Labute approximate surface area is 179 Å². The van der Waals surface area contributed by atoms with Gasteiger partial charge in [0.2, 0.25) is 5.82 Å². The van der Waals surface area contributed by atoms with Crippen LogP contribution in [0.25, 0.3) is 11.4 Å². The summed E-state index contributed by atoms with van der Waals surface area (Å²) in [4.78, 5) is 28.2. The van der Waals surface area contributed by atoms with Gasteiger partial charge in [-0.1, -0.05) is 36.8 Å². The molecular weight excluding hydrogens is 398 g/mol. The fraction of sp³-hybridized carbons (Fsp3) is 0.429. The van der Waals surface area contributed by atoms with Crippen molar-refractivity contribution in [1.29, 1.82) is 0 Å². The minimum atomic E-state index is -0.250. The van der Waals surface area contributed by atoms with Crippen molar-refractivity contribution in [2.24, 2.45) is 0 Å². The SMILES string of the molecule is C[C@H]1c2nc(-c3ccccc3)nn2CCN1C(=O)c1nnc2n1CCCCC2.O=CO. The van der Waals surface area contributed by atoms with E-state index in [1.165, 1.54) is 6.42 Å². The Morgan fingerprint density at radius 2 is 1.87 bits per heavy atom. The molecule has 1 atom stereocenters. The van der Waals surface area contributed by atoms with Crippen LogP contribution in [-0.4, -0.2) is 58.5 Å². The van der Waals surface area contributed by atoms with E-state index in [2.05, 4.69) is 15.3 Å². The van der Waals surface area contributed by atoms with E-state index >= 15 is 0 Å². The molecule has 2 aliphatic heterocycles. The second-order valence-electron chi connectivity index (χ2n) is 7.56. The van der Waals surface area contributed by atoms with Gasteiger partial charge in [0.1, 0.15) is 11.6 Å². The topological polar surface area (TPSA) is 119 Å². The maximum atomic E-state index is 13.3. The van der Waals surface area contributed by atoms with Crippen LogP contribution in [0.1, 0.15) is 54.5 Å². The maximum absolute atomic E-state index is 13.3. The van der Waals surface area contributed by atoms with Crippen LogP contribution in [0.15, 0.2) is 30.3 Å². The van der Waals surface area contributed by atoms with Crippen LogP contribution in [0.4, 0.5) is 0 Å². The number of fused-ring (bicyclic) bond motifs is 2. The Morgan fingerprint density at radius 1 is 1.10 bits per heavy atom. The monoisotopic (exact) mass is 423 g/mol.